The Bertz CT molecular complexity index is 812. The number of imidazole rings is 1. The van der Waals surface area contributed by atoms with Crippen LogP contribution in [0.5, 0.6) is 0 Å². The van der Waals surface area contributed by atoms with Gasteiger partial charge >= 0.3 is 0 Å². The average molecular weight is 302 g/mol. The molecule has 108 valence electrons. The fourth-order valence-corrected chi connectivity index (χ4v) is 2.87. The van der Waals surface area contributed by atoms with E-state index in [1.54, 1.807) is 22.7 Å². The van der Waals surface area contributed by atoms with Crippen molar-refractivity contribution in [2.24, 2.45) is 0 Å². The molecule has 3 aromatic heterocycles. The molecule has 0 aromatic carbocycles. The summed E-state index contributed by atoms with van der Waals surface area (Å²) in [5.74, 6) is 1.63. The summed E-state index contributed by atoms with van der Waals surface area (Å²) in [7, 11) is 0. The molecule has 0 radical (unpaired) electrons. The first-order valence-corrected chi connectivity index (χ1v) is 7.64. The van der Waals surface area contributed by atoms with Crippen LogP contribution in [-0.4, -0.2) is 35.2 Å². The van der Waals surface area contributed by atoms with E-state index in [1.807, 2.05) is 6.92 Å². The van der Waals surface area contributed by atoms with Gasteiger partial charge in [-0.2, -0.15) is 11.8 Å². The molecule has 3 heterocycles. The molecule has 0 amide bonds. The molecule has 8 heteroatoms. The molecule has 1 N–H and O–H groups in total. The summed E-state index contributed by atoms with van der Waals surface area (Å²) in [6.45, 7) is 2.59. The van der Waals surface area contributed by atoms with E-state index in [2.05, 4.69) is 24.9 Å². The van der Waals surface area contributed by atoms with Gasteiger partial charge in [-0.25, -0.2) is 19.9 Å². The number of fused-ring (bicyclic) bond motifs is 1. The van der Waals surface area contributed by atoms with Crippen LogP contribution in [0.1, 0.15) is 11.4 Å². The molecule has 0 atom stereocenters. The summed E-state index contributed by atoms with van der Waals surface area (Å²) in [6, 6.07) is 0. The minimum Gasteiger partial charge on any atom is -0.348 e. The highest BCUT2D eigenvalue weighted by Gasteiger charge is 2.06. The highest BCUT2D eigenvalue weighted by Crippen LogP contribution is 2.12. The Morgan fingerprint density at radius 2 is 2.10 bits per heavy atom. The van der Waals surface area contributed by atoms with Crippen LogP contribution >= 0.6 is 11.8 Å². The second-order valence-corrected chi connectivity index (χ2v) is 5.60. The van der Waals surface area contributed by atoms with Gasteiger partial charge in [-0.15, -0.1) is 0 Å². The van der Waals surface area contributed by atoms with Crippen LogP contribution in [0.4, 0.5) is 0 Å². The number of hydrogen-bond donors (Lipinski definition) is 1. The van der Waals surface area contributed by atoms with Crippen LogP contribution < -0.4 is 5.56 Å². The topological polar surface area (TPSA) is 89.3 Å². The van der Waals surface area contributed by atoms with Gasteiger partial charge in [0, 0.05) is 36.1 Å². The predicted octanol–water partition coefficient (Wildman–Crippen LogP) is 1.15. The maximum Gasteiger partial charge on any atom is 0.281 e. The lowest BCUT2D eigenvalue weighted by Crippen LogP contribution is -2.22. The Morgan fingerprint density at radius 1 is 1.24 bits per heavy atom. The Morgan fingerprint density at radius 3 is 2.90 bits per heavy atom. The van der Waals surface area contributed by atoms with E-state index < -0.39 is 0 Å². The van der Waals surface area contributed by atoms with Crippen LogP contribution in [0.15, 0.2) is 29.8 Å². The third kappa shape index (κ3) is 2.94. The number of rotatable bonds is 5. The summed E-state index contributed by atoms with van der Waals surface area (Å²) in [5.41, 5.74) is 2.69. The second kappa shape index (κ2) is 6.04. The van der Waals surface area contributed by atoms with Crippen molar-refractivity contribution in [3.8, 4) is 0 Å². The van der Waals surface area contributed by atoms with Gasteiger partial charge in [-0.1, -0.05) is 0 Å². The molecular formula is C13H14N6OS. The lowest BCUT2D eigenvalue weighted by molar-refractivity contribution is 0.721. The number of nitrogens with one attached hydrogen (secondary N) is 1. The quantitative estimate of drug-likeness (QED) is 0.711. The molecule has 0 aliphatic heterocycles. The zero-order valence-electron chi connectivity index (χ0n) is 11.5. The predicted molar refractivity (Wildman–Crippen MR) is 81.1 cm³/mol. The second-order valence-electron chi connectivity index (χ2n) is 4.50. The van der Waals surface area contributed by atoms with E-state index in [0.717, 1.165) is 22.9 Å². The van der Waals surface area contributed by atoms with Gasteiger partial charge in [0.05, 0.1) is 12.0 Å². The molecule has 0 bridgehead atoms. The Kier molecular flexibility index (Phi) is 3.96. The number of hydrogen-bond acceptors (Lipinski definition) is 6. The van der Waals surface area contributed by atoms with Crippen LogP contribution in [-0.2, 0) is 12.3 Å². The number of nitrogens with zero attached hydrogens (tertiary/aromatic N) is 5. The summed E-state index contributed by atoms with van der Waals surface area (Å²) in [4.78, 5) is 31.7. The molecule has 0 unspecified atom stereocenters. The third-order valence-electron chi connectivity index (χ3n) is 3.11. The summed E-state index contributed by atoms with van der Waals surface area (Å²) < 4.78 is 1.57. The van der Waals surface area contributed by atoms with Crippen LogP contribution in [0.25, 0.3) is 11.2 Å². The van der Waals surface area contributed by atoms with Gasteiger partial charge in [0.25, 0.3) is 5.56 Å². The maximum absolute atomic E-state index is 12.2. The Labute approximate surface area is 124 Å². The lowest BCUT2D eigenvalue weighted by atomic mass is 10.4. The highest BCUT2D eigenvalue weighted by molar-refractivity contribution is 7.98. The first kappa shape index (κ1) is 13.7. The minimum atomic E-state index is -0.148. The van der Waals surface area contributed by atoms with E-state index in [9.17, 15) is 4.79 Å². The van der Waals surface area contributed by atoms with Crippen molar-refractivity contribution in [3.63, 3.8) is 0 Å². The van der Waals surface area contributed by atoms with E-state index in [1.165, 1.54) is 18.7 Å². The average Bonchev–Trinajstić information content (AvgIpc) is 2.91. The maximum atomic E-state index is 12.2. The number of aromatic nitrogens is 6. The molecule has 0 aliphatic carbocycles. The number of H-pyrrole nitrogens is 1. The van der Waals surface area contributed by atoms with Crippen molar-refractivity contribution in [2.75, 3.05) is 5.75 Å². The lowest BCUT2D eigenvalue weighted by Gasteiger charge is -2.05. The Hall–Kier alpha value is -2.22. The molecule has 21 heavy (non-hydrogen) atoms. The third-order valence-corrected chi connectivity index (χ3v) is 4.06. The normalized spacial score (nSPS) is 11.1. The molecule has 0 saturated carbocycles. The first-order valence-electron chi connectivity index (χ1n) is 6.48. The fourth-order valence-electron chi connectivity index (χ4n) is 1.91. The standard InChI is InChI=1S/C13H14N6OS/c1-9-10(17-7-16-9)6-21-5-4-19-8-18-12-11(13(19)20)14-2-3-15-12/h2-3,7-8H,4-6H2,1H3,(H,16,17). The zero-order valence-corrected chi connectivity index (χ0v) is 12.3. The monoisotopic (exact) mass is 302 g/mol. The smallest absolute Gasteiger partial charge is 0.281 e. The van der Waals surface area contributed by atoms with Crippen molar-refractivity contribution in [3.05, 3.63) is 46.8 Å². The first-order chi connectivity index (χ1) is 10.3. The van der Waals surface area contributed by atoms with Gasteiger partial charge < -0.3 is 4.98 Å². The van der Waals surface area contributed by atoms with Gasteiger partial charge in [0.2, 0.25) is 0 Å². The van der Waals surface area contributed by atoms with Crippen molar-refractivity contribution in [1.29, 1.82) is 0 Å². The number of thioether (sulfide) groups is 1. The van der Waals surface area contributed by atoms with Gasteiger partial charge in [-0.3, -0.25) is 9.36 Å². The minimum absolute atomic E-state index is 0.148. The number of aryl methyl sites for hydroxylation is 2. The van der Waals surface area contributed by atoms with Crippen molar-refractivity contribution >= 4 is 22.9 Å². The Balaban J connectivity index is 1.64. The molecule has 0 fully saturated rings. The molecule has 0 spiro atoms. The highest BCUT2D eigenvalue weighted by atomic mass is 32.2. The molecule has 7 nitrogen and oxygen atoms in total. The van der Waals surface area contributed by atoms with Crippen LogP contribution in [0, 0.1) is 6.92 Å². The molecule has 3 rings (SSSR count). The summed E-state index contributed by atoms with van der Waals surface area (Å²) in [5, 5.41) is 0. The summed E-state index contributed by atoms with van der Waals surface area (Å²) in [6.07, 6.45) is 6.26. The molecule has 0 aliphatic rings. The van der Waals surface area contributed by atoms with Crippen LogP contribution in [0.2, 0.25) is 0 Å². The molecule has 0 saturated heterocycles. The van der Waals surface area contributed by atoms with Gasteiger partial charge in [0.1, 0.15) is 6.33 Å². The largest absolute Gasteiger partial charge is 0.348 e. The SMILES string of the molecule is Cc1[nH]cnc1CSCCn1cnc2nccnc2c1=O. The van der Waals surface area contributed by atoms with Crippen molar-refractivity contribution in [1.82, 2.24) is 29.5 Å². The van der Waals surface area contributed by atoms with Crippen molar-refractivity contribution < 1.29 is 0 Å². The van der Waals surface area contributed by atoms with Crippen LogP contribution in [0.3, 0.4) is 0 Å². The van der Waals surface area contributed by atoms with E-state index in [4.69, 9.17) is 0 Å². The summed E-state index contributed by atoms with van der Waals surface area (Å²) >= 11 is 1.73. The van der Waals surface area contributed by atoms with E-state index in [-0.39, 0.29) is 5.56 Å². The van der Waals surface area contributed by atoms with Gasteiger partial charge in [-0.05, 0) is 6.92 Å². The molecule has 3 aromatic rings. The number of aromatic amines is 1. The van der Waals surface area contributed by atoms with E-state index in [0.29, 0.717) is 17.7 Å². The van der Waals surface area contributed by atoms with E-state index >= 15 is 0 Å². The zero-order chi connectivity index (χ0) is 14.7. The van der Waals surface area contributed by atoms with Gasteiger partial charge in [0.15, 0.2) is 11.2 Å². The fraction of sp³-hybridized carbons (Fsp3) is 0.308. The van der Waals surface area contributed by atoms with Crippen molar-refractivity contribution in [2.45, 2.75) is 19.2 Å². The molecular weight excluding hydrogens is 288 g/mol.